The van der Waals surface area contributed by atoms with E-state index in [0.717, 1.165) is 10.4 Å². The fourth-order valence-electron chi connectivity index (χ4n) is 7.84. The van der Waals surface area contributed by atoms with Crippen molar-refractivity contribution in [3.8, 4) is 48.6 Å². The predicted octanol–water partition coefficient (Wildman–Crippen LogP) is 7.61. The molecule has 0 saturated heterocycles. The lowest BCUT2D eigenvalue weighted by molar-refractivity contribution is 0.547. The van der Waals surface area contributed by atoms with Crippen molar-refractivity contribution in [2.24, 2.45) is 17.8 Å². The minimum Gasteiger partial charge on any atom is -0.197 e. The standard InChI is InChI=1S/C41H32N8Si2/c1-41(29(20-46)21-47)35-13-27(17-43)37(51(5,6)7)15-31(35)34(23-49)40(41)25-10-8-9-24(11-25)38-33(22-48)30-14-36(50(2,3)4)26(16-42)12-32(30)39(38)28(18-44)19-45/h8-15,29-30,32H,1-7H3. The number of nitriles is 8. The van der Waals surface area contributed by atoms with Crippen LogP contribution in [0.25, 0.3) is 16.7 Å². The van der Waals surface area contributed by atoms with Crippen molar-refractivity contribution >= 4 is 38.1 Å². The first-order valence-corrected chi connectivity index (χ1v) is 23.3. The lowest BCUT2D eigenvalue weighted by Crippen LogP contribution is -2.40. The summed E-state index contributed by atoms with van der Waals surface area (Å²) in [6.07, 6.45) is 3.75. The molecule has 0 amide bonds. The van der Waals surface area contributed by atoms with Gasteiger partial charge in [0.1, 0.15) is 29.7 Å². The lowest BCUT2D eigenvalue weighted by atomic mass is 9.68. The summed E-state index contributed by atoms with van der Waals surface area (Å²) in [5.74, 6) is -2.32. The average Bonchev–Trinajstić information content (AvgIpc) is 3.55. The van der Waals surface area contributed by atoms with Gasteiger partial charge in [0.05, 0.1) is 57.6 Å². The molecule has 0 fully saturated rings. The van der Waals surface area contributed by atoms with Crippen molar-refractivity contribution in [1.29, 1.82) is 42.1 Å². The van der Waals surface area contributed by atoms with E-state index in [2.05, 4.69) is 75.7 Å². The number of allylic oxidation sites excluding steroid dienone is 10. The van der Waals surface area contributed by atoms with Crippen LogP contribution in [0.1, 0.15) is 34.7 Å². The number of hydrogen-bond donors (Lipinski definition) is 0. The number of fused-ring (bicyclic) bond motifs is 2. The van der Waals surface area contributed by atoms with Gasteiger partial charge < -0.3 is 0 Å². The van der Waals surface area contributed by atoms with E-state index in [4.69, 9.17) is 0 Å². The maximum Gasteiger partial charge on any atom is 0.146 e. The van der Waals surface area contributed by atoms with Crippen LogP contribution in [-0.2, 0) is 5.41 Å². The molecule has 10 heteroatoms. The lowest BCUT2D eigenvalue weighted by Gasteiger charge is -2.32. The van der Waals surface area contributed by atoms with Gasteiger partial charge in [0.2, 0.25) is 0 Å². The van der Waals surface area contributed by atoms with Crippen molar-refractivity contribution in [2.45, 2.75) is 51.6 Å². The SMILES string of the molecule is CC1(C(C#N)C#N)C(c2cccc(C3=C(C#N)C4C=C([Si](C)(C)C)C(C#N)=CC4C3=C(C#N)C#N)c2)=C(C#N)c2cc([Si](C)(C)C)c(C#N)cc21. The van der Waals surface area contributed by atoms with Gasteiger partial charge in [-0.3, -0.25) is 0 Å². The zero-order chi connectivity index (χ0) is 37.6. The normalized spacial score (nSPS) is 20.6. The van der Waals surface area contributed by atoms with Crippen LogP contribution in [0.4, 0.5) is 0 Å². The Morgan fingerprint density at radius 1 is 0.725 bits per heavy atom. The van der Waals surface area contributed by atoms with Crippen LogP contribution in [-0.4, -0.2) is 16.1 Å². The summed E-state index contributed by atoms with van der Waals surface area (Å²) in [6.45, 7) is 14.4. The molecule has 2 aromatic rings. The van der Waals surface area contributed by atoms with Gasteiger partial charge in [0.25, 0.3) is 0 Å². The Balaban J connectivity index is 1.87. The second-order valence-corrected chi connectivity index (χ2v) is 25.2. The maximum atomic E-state index is 10.7. The van der Waals surface area contributed by atoms with Crippen molar-refractivity contribution in [3.05, 3.63) is 104 Å². The molecule has 0 aliphatic heterocycles. The van der Waals surface area contributed by atoms with Crippen LogP contribution in [0.3, 0.4) is 0 Å². The molecule has 0 bridgehead atoms. The van der Waals surface area contributed by atoms with Crippen molar-refractivity contribution in [2.75, 3.05) is 0 Å². The Kier molecular flexibility index (Phi) is 8.95. The molecule has 0 aromatic heterocycles. The molecule has 0 heterocycles. The molecule has 0 radical (unpaired) electrons. The summed E-state index contributed by atoms with van der Waals surface area (Å²) in [4.78, 5) is 0. The van der Waals surface area contributed by atoms with Gasteiger partial charge in [-0.05, 0) is 62.8 Å². The first kappa shape index (κ1) is 35.8. The van der Waals surface area contributed by atoms with Crippen LogP contribution in [0.2, 0.25) is 39.3 Å². The highest BCUT2D eigenvalue weighted by atomic mass is 28.3. The minimum absolute atomic E-state index is 0.166. The Hall–Kier alpha value is -6.51. The third-order valence-corrected chi connectivity index (χ3v) is 14.3. The summed E-state index contributed by atoms with van der Waals surface area (Å²) in [6, 6.07) is 28.3. The quantitative estimate of drug-likeness (QED) is 0.226. The van der Waals surface area contributed by atoms with Gasteiger partial charge in [0, 0.05) is 34.0 Å². The third-order valence-electron chi connectivity index (χ3n) is 10.2. The number of nitrogens with zero attached hydrogens (tertiary/aromatic N) is 8. The molecule has 2 aromatic carbocycles. The third kappa shape index (κ3) is 5.42. The summed E-state index contributed by atoms with van der Waals surface area (Å²) >= 11 is 0. The minimum atomic E-state index is -2.09. The van der Waals surface area contributed by atoms with Gasteiger partial charge in [-0.15, -0.1) is 0 Å². The molecule has 3 atom stereocenters. The summed E-state index contributed by atoms with van der Waals surface area (Å²) in [5, 5.41) is 84.5. The van der Waals surface area contributed by atoms with E-state index in [1.165, 1.54) is 0 Å². The molecule has 3 aliphatic carbocycles. The maximum absolute atomic E-state index is 10.7. The predicted molar refractivity (Wildman–Crippen MR) is 198 cm³/mol. The molecular weight excluding hydrogens is 661 g/mol. The summed E-state index contributed by atoms with van der Waals surface area (Å²) < 4.78 is 0. The van der Waals surface area contributed by atoms with Crippen LogP contribution < -0.4 is 5.19 Å². The second-order valence-electron chi connectivity index (χ2n) is 15.1. The largest absolute Gasteiger partial charge is 0.197 e. The molecule has 51 heavy (non-hydrogen) atoms. The van der Waals surface area contributed by atoms with Crippen molar-refractivity contribution in [3.63, 3.8) is 0 Å². The first-order valence-electron chi connectivity index (χ1n) is 16.3. The van der Waals surface area contributed by atoms with Crippen LogP contribution >= 0.6 is 0 Å². The van der Waals surface area contributed by atoms with E-state index in [1.807, 2.05) is 24.3 Å². The van der Waals surface area contributed by atoms with E-state index in [1.54, 1.807) is 43.3 Å². The summed E-state index contributed by atoms with van der Waals surface area (Å²) in [7, 11) is -4.14. The molecule has 3 unspecified atom stereocenters. The van der Waals surface area contributed by atoms with Crippen LogP contribution in [0, 0.1) is 108 Å². The molecular formula is C41H32N8Si2. The molecule has 0 saturated carbocycles. The highest BCUT2D eigenvalue weighted by molar-refractivity contribution is 6.89. The van der Waals surface area contributed by atoms with E-state index >= 15 is 0 Å². The fraction of sp³-hybridized carbons (Fsp3) is 0.268. The van der Waals surface area contributed by atoms with E-state index in [0.29, 0.717) is 55.7 Å². The van der Waals surface area contributed by atoms with Crippen LogP contribution in [0.15, 0.2) is 76.0 Å². The van der Waals surface area contributed by atoms with Gasteiger partial charge in [-0.25, -0.2) is 0 Å². The molecule has 8 nitrogen and oxygen atoms in total. The molecule has 0 spiro atoms. The monoisotopic (exact) mass is 692 g/mol. The first-order chi connectivity index (χ1) is 24.1. The smallest absolute Gasteiger partial charge is 0.146 e. The molecule has 5 rings (SSSR count). The van der Waals surface area contributed by atoms with E-state index in [9.17, 15) is 42.1 Å². The fourth-order valence-corrected chi connectivity index (χ4v) is 11.0. The molecule has 3 aliphatic rings. The van der Waals surface area contributed by atoms with Gasteiger partial charge in [0.15, 0.2) is 0 Å². The zero-order valence-electron chi connectivity index (χ0n) is 29.4. The van der Waals surface area contributed by atoms with Gasteiger partial charge >= 0.3 is 0 Å². The Bertz CT molecular complexity index is 2430. The Labute approximate surface area is 301 Å². The van der Waals surface area contributed by atoms with Gasteiger partial charge in [-0.1, -0.05) is 75.7 Å². The Morgan fingerprint density at radius 3 is 1.88 bits per heavy atom. The van der Waals surface area contributed by atoms with Crippen molar-refractivity contribution < 1.29 is 0 Å². The summed E-state index contributed by atoms with van der Waals surface area (Å²) in [5.41, 5.74) is 3.46. The van der Waals surface area contributed by atoms with E-state index in [-0.39, 0.29) is 11.1 Å². The van der Waals surface area contributed by atoms with Crippen LogP contribution in [0.5, 0.6) is 0 Å². The second kappa shape index (κ2) is 12.7. The molecule has 0 N–H and O–H groups in total. The highest BCUT2D eigenvalue weighted by Gasteiger charge is 2.50. The number of rotatable bonds is 5. The Morgan fingerprint density at radius 2 is 1.37 bits per heavy atom. The van der Waals surface area contributed by atoms with E-state index < -0.39 is 39.3 Å². The number of hydrogen-bond acceptors (Lipinski definition) is 8. The number of benzene rings is 2. The topological polar surface area (TPSA) is 190 Å². The highest BCUT2D eigenvalue weighted by Crippen LogP contribution is 2.56. The average molecular weight is 693 g/mol. The zero-order valence-corrected chi connectivity index (χ0v) is 31.4. The van der Waals surface area contributed by atoms with Crippen molar-refractivity contribution in [1.82, 2.24) is 0 Å². The van der Waals surface area contributed by atoms with Gasteiger partial charge in [-0.2, -0.15) is 42.1 Å². The molecule has 244 valence electrons.